The fourth-order valence-electron chi connectivity index (χ4n) is 4.98. The molecule has 0 amide bonds. The van der Waals surface area contributed by atoms with Crippen LogP contribution in [0.15, 0.2) is 58.0 Å². The molecule has 5 nitrogen and oxygen atoms in total. The molecule has 0 saturated heterocycles. The van der Waals surface area contributed by atoms with Gasteiger partial charge in [0.05, 0.1) is 11.2 Å². The number of fused-ring (bicyclic) bond motifs is 4. The van der Waals surface area contributed by atoms with Crippen LogP contribution in [0.3, 0.4) is 0 Å². The van der Waals surface area contributed by atoms with Gasteiger partial charge in [0.15, 0.2) is 0 Å². The van der Waals surface area contributed by atoms with Crippen LogP contribution in [0, 0.1) is 18.3 Å². The van der Waals surface area contributed by atoms with Crippen molar-refractivity contribution in [2.45, 2.75) is 58.3 Å². The number of benzene rings is 2. The predicted molar refractivity (Wildman–Crippen MR) is 133 cm³/mol. The zero-order chi connectivity index (χ0) is 23.4. The van der Waals surface area contributed by atoms with Crippen molar-refractivity contribution in [2.24, 2.45) is 11.3 Å². The van der Waals surface area contributed by atoms with E-state index in [1.165, 1.54) is 5.56 Å². The van der Waals surface area contributed by atoms with Crippen molar-refractivity contribution in [3.05, 3.63) is 65.5 Å². The van der Waals surface area contributed by atoms with E-state index in [1.54, 1.807) is 24.4 Å². The first-order chi connectivity index (χ1) is 15.7. The van der Waals surface area contributed by atoms with Gasteiger partial charge in [-0.2, -0.15) is 0 Å². The van der Waals surface area contributed by atoms with Crippen molar-refractivity contribution >= 4 is 37.6 Å². The van der Waals surface area contributed by atoms with Gasteiger partial charge in [-0.05, 0) is 60.9 Å². The third-order valence-corrected chi connectivity index (χ3v) is 8.93. The quantitative estimate of drug-likeness (QED) is 0.361. The monoisotopic (exact) mass is 462 g/mol. The Bertz CT molecular complexity index is 1460. The number of nitrogens with zero attached hydrogens (tertiary/aromatic N) is 1. The lowest BCUT2D eigenvalue weighted by Gasteiger charge is -2.36. The van der Waals surface area contributed by atoms with Gasteiger partial charge in [0.2, 0.25) is 0 Å². The molecule has 2 aromatic carbocycles. The summed E-state index contributed by atoms with van der Waals surface area (Å²) in [5.74, 6) is 1.63. The van der Waals surface area contributed by atoms with Crippen LogP contribution in [-0.4, -0.2) is 13.4 Å². The number of rotatable bonds is 5. The fraction of sp³-hybridized carbons (Fsp3) is 0.370. The van der Waals surface area contributed by atoms with Gasteiger partial charge in [-0.3, -0.25) is 9.71 Å². The van der Waals surface area contributed by atoms with Crippen LogP contribution in [-0.2, 0) is 22.9 Å². The first-order valence-corrected chi connectivity index (χ1v) is 13.1. The molecular weight excluding hydrogens is 432 g/mol. The van der Waals surface area contributed by atoms with Gasteiger partial charge < -0.3 is 4.42 Å². The van der Waals surface area contributed by atoms with E-state index in [2.05, 4.69) is 30.5 Å². The summed E-state index contributed by atoms with van der Waals surface area (Å²) in [6.07, 6.45) is 5.77. The SMILES string of the molecule is CCC(C)(C)[C@H]1CCc2oc3cc(C)c(NS(=O)(=O)c4cccc5cccnc45)cc3c2C1. The summed E-state index contributed by atoms with van der Waals surface area (Å²) in [5.41, 5.74) is 4.21. The number of para-hydroxylation sites is 1. The molecule has 2 aromatic heterocycles. The summed E-state index contributed by atoms with van der Waals surface area (Å²) in [5, 5.41) is 1.81. The maximum Gasteiger partial charge on any atom is 0.264 e. The van der Waals surface area contributed by atoms with Gasteiger partial charge >= 0.3 is 0 Å². The van der Waals surface area contributed by atoms with E-state index in [0.29, 0.717) is 17.1 Å². The number of sulfonamides is 1. The van der Waals surface area contributed by atoms with Crippen molar-refractivity contribution in [3.8, 4) is 0 Å². The highest BCUT2D eigenvalue weighted by atomic mass is 32.2. The molecule has 0 spiro atoms. The Hall–Kier alpha value is -2.86. The third-order valence-electron chi connectivity index (χ3n) is 7.54. The minimum Gasteiger partial charge on any atom is -0.461 e. The van der Waals surface area contributed by atoms with Crippen molar-refractivity contribution < 1.29 is 12.8 Å². The molecule has 2 heterocycles. The number of aromatic nitrogens is 1. The van der Waals surface area contributed by atoms with E-state index < -0.39 is 10.0 Å². The number of anilines is 1. The van der Waals surface area contributed by atoms with Crippen molar-refractivity contribution in [3.63, 3.8) is 0 Å². The highest BCUT2D eigenvalue weighted by Gasteiger charge is 2.33. The molecule has 0 aliphatic heterocycles. The van der Waals surface area contributed by atoms with E-state index in [4.69, 9.17) is 4.42 Å². The van der Waals surface area contributed by atoms with Gasteiger partial charge in [-0.15, -0.1) is 0 Å². The predicted octanol–water partition coefficient (Wildman–Crippen LogP) is 6.63. The molecule has 0 radical (unpaired) electrons. The highest BCUT2D eigenvalue weighted by molar-refractivity contribution is 7.93. The molecule has 1 N–H and O–H groups in total. The van der Waals surface area contributed by atoms with E-state index in [-0.39, 0.29) is 10.3 Å². The highest BCUT2D eigenvalue weighted by Crippen LogP contribution is 2.43. The van der Waals surface area contributed by atoms with Gasteiger partial charge in [0.1, 0.15) is 16.2 Å². The average Bonchev–Trinajstić information content (AvgIpc) is 3.15. The molecule has 0 fully saturated rings. The van der Waals surface area contributed by atoms with Gasteiger partial charge in [0.25, 0.3) is 10.0 Å². The maximum atomic E-state index is 13.4. The molecule has 1 atom stereocenters. The Labute approximate surface area is 195 Å². The molecule has 6 heteroatoms. The van der Waals surface area contributed by atoms with Gasteiger partial charge in [-0.1, -0.05) is 45.4 Å². The molecule has 33 heavy (non-hydrogen) atoms. The van der Waals surface area contributed by atoms with E-state index in [0.717, 1.165) is 53.4 Å². The Morgan fingerprint density at radius 2 is 1.97 bits per heavy atom. The summed E-state index contributed by atoms with van der Waals surface area (Å²) >= 11 is 0. The lowest BCUT2D eigenvalue weighted by Crippen LogP contribution is -2.28. The van der Waals surface area contributed by atoms with Crippen LogP contribution in [0.5, 0.6) is 0 Å². The van der Waals surface area contributed by atoms with Gasteiger partial charge in [0, 0.05) is 29.0 Å². The summed E-state index contributed by atoms with van der Waals surface area (Å²) < 4.78 is 35.8. The Morgan fingerprint density at radius 1 is 1.18 bits per heavy atom. The first-order valence-electron chi connectivity index (χ1n) is 11.6. The second-order valence-corrected chi connectivity index (χ2v) is 11.5. The molecule has 0 saturated carbocycles. The first kappa shape index (κ1) is 22.0. The van der Waals surface area contributed by atoms with Crippen molar-refractivity contribution in [1.29, 1.82) is 0 Å². The van der Waals surface area contributed by atoms with Crippen LogP contribution >= 0.6 is 0 Å². The summed E-state index contributed by atoms with van der Waals surface area (Å²) in [6.45, 7) is 8.84. The maximum absolute atomic E-state index is 13.4. The van der Waals surface area contributed by atoms with Crippen LogP contribution in [0.2, 0.25) is 0 Å². The molecule has 1 aliphatic rings. The molecule has 0 bridgehead atoms. The molecule has 5 rings (SSSR count). The van der Waals surface area contributed by atoms with Crippen molar-refractivity contribution in [1.82, 2.24) is 4.98 Å². The molecule has 4 aromatic rings. The fourth-order valence-corrected chi connectivity index (χ4v) is 6.29. The number of nitrogens with one attached hydrogen (secondary N) is 1. The third kappa shape index (κ3) is 3.80. The average molecular weight is 463 g/mol. The Balaban J connectivity index is 1.55. The lowest BCUT2D eigenvalue weighted by molar-refractivity contribution is 0.179. The second-order valence-electron chi connectivity index (χ2n) is 9.89. The van der Waals surface area contributed by atoms with Crippen LogP contribution in [0.1, 0.15) is 50.5 Å². The van der Waals surface area contributed by atoms with Gasteiger partial charge in [-0.25, -0.2) is 8.42 Å². The van der Waals surface area contributed by atoms with Crippen LogP contribution in [0.4, 0.5) is 5.69 Å². The smallest absolute Gasteiger partial charge is 0.264 e. The topological polar surface area (TPSA) is 72.2 Å². The summed E-state index contributed by atoms with van der Waals surface area (Å²) in [6, 6.07) is 12.8. The summed E-state index contributed by atoms with van der Waals surface area (Å²) in [4.78, 5) is 4.50. The largest absolute Gasteiger partial charge is 0.461 e. The normalized spacial score (nSPS) is 16.8. The zero-order valence-electron chi connectivity index (χ0n) is 19.6. The summed E-state index contributed by atoms with van der Waals surface area (Å²) in [7, 11) is -3.82. The zero-order valence-corrected chi connectivity index (χ0v) is 20.4. The second kappa shape index (κ2) is 7.87. The standard InChI is InChI=1S/C27H30N2O3S/c1-5-27(3,4)19-11-12-23-20(15-19)21-16-22(17(2)14-24(21)32-23)29-33(30,31)25-10-6-8-18-9-7-13-28-26(18)25/h6-10,13-14,16,19,29H,5,11-12,15H2,1-4H3/t19-/m0/s1. The lowest BCUT2D eigenvalue weighted by atomic mass is 9.69. The van der Waals surface area contributed by atoms with E-state index >= 15 is 0 Å². The molecular formula is C27H30N2O3S. The van der Waals surface area contributed by atoms with Crippen molar-refractivity contribution in [2.75, 3.05) is 4.72 Å². The number of furan rings is 1. The van der Waals surface area contributed by atoms with E-state index in [1.807, 2.05) is 31.2 Å². The van der Waals surface area contributed by atoms with E-state index in [9.17, 15) is 8.42 Å². The number of hydrogen-bond donors (Lipinski definition) is 1. The van der Waals surface area contributed by atoms with Crippen LogP contribution < -0.4 is 4.72 Å². The minimum absolute atomic E-state index is 0.180. The number of aryl methyl sites for hydroxylation is 2. The molecule has 1 aliphatic carbocycles. The number of hydrogen-bond acceptors (Lipinski definition) is 4. The molecule has 0 unspecified atom stereocenters. The Kier molecular flexibility index (Phi) is 5.24. The minimum atomic E-state index is -3.82. The number of pyridine rings is 1. The Morgan fingerprint density at radius 3 is 2.76 bits per heavy atom. The van der Waals surface area contributed by atoms with Crippen LogP contribution in [0.25, 0.3) is 21.9 Å². The molecule has 172 valence electrons.